The van der Waals surface area contributed by atoms with E-state index in [-0.39, 0.29) is 11.8 Å². The number of aryl methyl sites for hydroxylation is 2. The van der Waals surface area contributed by atoms with Crippen LogP contribution in [0.2, 0.25) is 0 Å². The maximum atomic E-state index is 12.7. The van der Waals surface area contributed by atoms with Crippen molar-refractivity contribution in [1.29, 1.82) is 0 Å². The van der Waals surface area contributed by atoms with Gasteiger partial charge in [0, 0.05) is 39.8 Å². The van der Waals surface area contributed by atoms with Gasteiger partial charge in [-0.3, -0.25) is 9.59 Å². The highest BCUT2D eigenvalue weighted by molar-refractivity contribution is 5.95. The Morgan fingerprint density at radius 2 is 2.04 bits per heavy atom. The molecule has 0 saturated heterocycles. The summed E-state index contributed by atoms with van der Waals surface area (Å²) in [6.07, 6.45) is 1.08. The molecule has 136 valence electrons. The summed E-state index contributed by atoms with van der Waals surface area (Å²) in [6, 6.07) is 1.76. The topological polar surface area (TPSA) is 71.8 Å². The molecule has 0 aliphatic heterocycles. The zero-order valence-electron chi connectivity index (χ0n) is 15.5. The fraction of sp³-hybridized carbons (Fsp3) is 0.667. The molecule has 0 spiro atoms. The molecule has 1 N–H and O–H groups in total. The standard InChI is InChI=1S/C18H30N2O4/c1-13(2)12-20(9-7-17(21)19-8-6-10-23-5)18(22)16-11-14(3)24-15(16)4/h11,13H,6-10,12H2,1-5H3,(H,19,21). The second-order valence-electron chi connectivity index (χ2n) is 6.42. The van der Waals surface area contributed by atoms with Gasteiger partial charge in [-0.2, -0.15) is 0 Å². The molecule has 0 saturated carbocycles. The van der Waals surface area contributed by atoms with Crippen molar-refractivity contribution in [3.05, 3.63) is 23.2 Å². The predicted molar refractivity (Wildman–Crippen MR) is 93.0 cm³/mol. The summed E-state index contributed by atoms with van der Waals surface area (Å²) in [4.78, 5) is 26.4. The van der Waals surface area contributed by atoms with Crippen LogP contribution in [0.4, 0.5) is 0 Å². The lowest BCUT2D eigenvalue weighted by molar-refractivity contribution is -0.121. The van der Waals surface area contributed by atoms with Gasteiger partial charge in [0.05, 0.1) is 5.56 Å². The fourth-order valence-corrected chi connectivity index (χ4v) is 2.50. The molecule has 24 heavy (non-hydrogen) atoms. The average Bonchev–Trinajstić information content (AvgIpc) is 2.85. The van der Waals surface area contributed by atoms with Gasteiger partial charge in [-0.25, -0.2) is 0 Å². The largest absolute Gasteiger partial charge is 0.466 e. The molecule has 0 unspecified atom stereocenters. The first-order valence-corrected chi connectivity index (χ1v) is 8.47. The van der Waals surface area contributed by atoms with Crippen molar-refractivity contribution in [2.24, 2.45) is 5.92 Å². The van der Waals surface area contributed by atoms with Crippen molar-refractivity contribution >= 4 is 11.8 Å². The number of rotatable bonds is 10. The van der Waals surface area contributed by atoms with Gasteiger partial charge in [-0.05, 0) is 32.3 Å². The molecule has 0 fully saturated rings. The molecule has 6 nitrogen and oxygen atoms in total. The summed E-state index contributed by atoms with van der Waals surface area (Å²) < 4.78 is 10.4. The Hall–Kier alpha value is -1.82. The van der Waals surface area contributed by atoms with Crippen molar-refractivity contribution in [2.45, 2.75) is 40.5 Å². The van der Waals surface area contributed by atoms with Crippen molar-refractivity contribution in [1.82, 2.24) is 10.2 Å². The first kappa shape index (κ1) is 20.2. The number of hydrogen-bond donors (Lipinski definition) is 1. The SMILES string of the molecule is COCCCNC(=O)CCN(CC(C)C)C(=O)c1cc(C)oc1C. The van der Waals surface area contributed by atoms with E-state index in [0.717, 1.165) is 12.2 Å². The van der Waals surface area contributed by atoms with Gasteiger partial charge in [-0.1, -0.05) is 13.8 Å². The van der Waals surface area contributed by atoms with E-state index in [1.165, 1.54) is 0 Å². The number of hydrogen-bond acceptors (Lipinski definition) is 4. The minimum absolute atomic E-state index is 0.0484. The van der Waals surface area contributed by atoms with E-state index >= 15 is 0 Å². The number of carbonyl (C=O) groups is 2. The van der Waals surface area contributed by atoms with Gasteiger partial charge < -0.3 is 19.4 Å². The molecule has 0 radical (unpaired) electrons. The zero-order valence-corrected chi connectivity index (χ0v) is 15.5. The average molecular weight is 338 g/mol. The summed E-state index contributed by atoms with van der Waals surface area (Å²) in [5, 5.41) is 2.84. The third-order valence-electron chi connectivity index (χ3n) is 3.60. The van der Waals surface area contributed by atoms with Crippen LogP contribution in [0.15, 0.2) is 10.5 Å². The van der Waals surface area contributed by atoms with Gasteiger partial charge in [0.1, 0.15) is 11.5 Å². The summed E-state index contributed by atoms with van der Waals surface area (Å²) in [5.74, 6) is 1.54. The Labute approximate surface area is 144 Å². The van der Waals surface area contributed by atoms with Crippen LogP contribution in [0.25, 0.3) is 0 Å². The van der Waals surface area contributed by atoms with Crippen LogP contribution >= 0.6 is 0 Å². The van der Waals surface area contributed by atoms with E-state index in [9.17, 15) is 9.59 Å². The molecule has 0 aliphatic rings. The molecule has 0 aromatic carbocycles. The minimum atomic E-state index is -0.0785. The lowest BCUT2D eigenvalue weighted by Crippen LogP contribution is -2.38. The molecule has 6 heteroatoms. The quantitative estimate of drug-likeness (QED) is 0.666. The van der Waals surface area contributed by atoms with Gasteiger partial charge in [0.2, 0.25) is 5.91 Å². The highest BCUT2D eigenvalue weighted by atomic mass is 16.5. The molecule has 0 bridgehead atoms. The monoisotopic (exact) mass is 338 g/mol. The Balaban J connectivity index is 2.60. The van der Waals surface area contributed by atoms with Crippen molar-refractivity contribution < 1.29 is 18.7 Å². The highest BCUT2D eigenvalue weighted by Gasteiger charge is 2.21. The smallest absolute Gasteiger partial charge is 0.257 e. The number of furan rings is 1. The van der Waals surface area contributed by atoms with E-state index in [2.05, 4.69) is 19.2 Å². The molecule has 1 aromatic heterocycles. The van der Waals surface area contributed by atoms with Gasteiger partial charge in [0.15, 0.2) is 0 Å². The first-order chi connectivity index (χ1) is 11.3. The lowest BCUT2D eigenvalue weighted by Gasteiger charge is -2.24. The van der Waals surface area contributed by atoms with E-state index < -0.39 is 0 Å². The van der Waals surface area contributed by atoms with Crippen LogP contribution in [0.1, 0.15) is 48.6 Å². The number of nitrogens with zero attached hydrogens (tertiary/aromatic N) is 1. The number of ether oxygens (including phenoxy) is 1. The van der Waals surface area contributed by atoms with E-state index in [1.54, 1.807) is 25.0 Å². The molecule has 2 amide bonds. The summed E-state index contributed by atoms with van der Waals surface area (Å²) in [6.45, 7) is 9.94. The lowest BCUT2D eigenvalue weighted by atomic mass is 10.1. The van der Waals surface area contributed by atoms with Crippen LogP contribution in [0.3, 0.4) is 0 Å². The van der Waals surface area contributed by atoms with Crippen molar-refractivity contribution in [3.63, 3.8) is 0 Å². The van der Waals surface area contributed by atoms with Gasteiger partial charge in [0.25, 0.3) is 5.91 Å². The number of amides is 2. The second kappa shape index (κ2) is 10.1. The first-order valence-electron chi connectivity index (χ1n) is 8.47. The summed E-state index contributed by atoms with van der Waals surface area (Å²) >= 11 is 0. The number of nitrogens with one attached hydrogen (secondary N) is 1. The Morgan fingerprint density at radius 3 is 2.58 bits per heavy atom. The Kier molecular flexibility index (Phi) is 8.54. The molecule has 1 aromatic rings. The zero-order chi connectivity index (χ0) is 18.1. The highest BCUT2D eigenvalue weighted by Crippen LogP contribution is 2.17. The summed E-state index contributed by atoms with van der Waals surface area (Å²) in [5.41, 5.74) is 0.577. The fourth-order valence-electron chi connectivity index (χ4n) is 2.50. The molecule has 1 rings (SSSR count). The molecule has 0 atom stereocenters. The predicted octanol–water partition coefficient (Wildman–Crippen LogP) is 2.54. The number of methoxy groups -OCH3 is 1. The van der Waals surface area contributed by atoms with Crippen LogP contribution in [-0.4, -0.2) is 50.1 Å². The molecular formula is C18H30N2O4. The van der Waals surface area contributed by atoms with Gasteiger partial charge in [-0.15, -0.1) is 0 Å². The van der Waals surface area contributed by atoms with E-state index in [1.807, 2.05) is 6.92 Å². The maximum absolute atomic E-state index is 12.7. The molecular weight excluding hydrogens is 308 g/mol. The normalized spacial score (nSPS) is 10.9. The van der Waals surface area contributed by atoms with Gasteiger partial charge >= 0.3 is 0 Å². The Morgan fingerprint density at radius 1 is 1.33 bits per heavy atom. The Bertz CT molecular complexity index is 537. The minimum Gasteiger partial charge on any atom is -0.466 e. The van der Waals surface area contributed by atoms with Crippen LogP contribution < -0.4 is 5.32 Å². The van der Waals surface area contributed by atoms with Crippen LogP contribution in [0, 0.1) is 19.8 Å². The molecule has 0 aliphatic carbocycles. The number of carbonyl (C=O) groups excluding carboxylic acids is 2. The van der Waals surface area contributed by atoms with Crippen molar-refractivity contribution in [2.75, 3.05) is 33.4 Å². The maximum Gasteiger partial charge on any atom is 0.257 e. The second-order valence-corrected chi connectivity index (χ2v) is 6.42. The van der Waals surface area contributed by atoms with Crippen LogP contribution in [0.5, 0.6) is 0 Å². The third-order valence-corrected chi connectivity index (χ3v) is 3.60. The summed E-state index contributed by atoms with van der Waals surface area (Å²) in [7, 11) is 1.64. The third kappa shape index (κ3) is 6.74. The van der Waals surface area contributed by atoms with Crippen LogP contribution in [-0.2, 0) is 9.53 Å². The van der Waals surface area contributed by atoms with E-state index in [4.69, 9.17) is 9.15 Å². The van der Waals surface area contributed by atoms with E-state index in [0.29, 0.717) is 49.9 Å². The molecule has 1 heterocycles. The van der Waals surface area contributed by atoms with Crippen molar-refractivity contribution in [3.8, 4) is 0 Å².